The van der Waals surface area contributed by atoms with Crippen LogP contribution in [0.1, 0.15) is 45.5 Å². The van der Waals surface area contributed by atoms with Crippen LogP contribution in [0.5, 0.6) is 5.75 Å². The molecule has 0 radical (unpaired) electrons. The molecule has 3 aromatic rings. The van der Waals surface area contributed by atoms with E-state index < -0.39 is 5.97 Å². The molecule has 2 N–H and O–H groups in total. The van der Waals surface area contributed by atoms with E-state index in [0.717, 1.165) is 18.4 Å². The van der Waals surface area contributed by atoms with Gasteiger partial charge in [0.2, 0.25) is 0 Å². The molecule has 3 rings (SSSR count). The number of aryl methyl sites for hydroxylation is 2. The van der Waals surface area contributed by atoms with Crippen LogP contribution in [0.2, 0.25) is 0 Å². The molecule has 0 aliphatic heterocycles. The second-order valence-electron chi connectivity index (χ2n) is 6.53. The third-order valence-corrected chi connectivity index (χ3v) is 4.77. The Labute approximate surface area is 153 Å². The number of aromatic hydroxyl groups is 1. The monoisotopic (exact) mass is 346 g/mol. The summed E-state index contributed by atoms with van der Waals surface area (Å²) in [6.45, 7) is 2.20. The molecule has 26 heavy (non-hydrogen) atoms. The van der Waals surface area contributed by atoms with Crippen molar-refractivity contribution in [2.75, 3.05) is 0 Å². The minimum atomic E-state index is -1.11. The van der Waals surface area contributed by atoms with Gasteiger partial charge in [0, 0.05) is 5.92 Å². The van der Waals surface area contributed by atoms with Crippen molar-refractivity contribution in [3.8, 4) is 5.75 Å². The smallest absolute Gasteiger partial charge is 0.339 e. The first kappa shape index (κ1) is 17.7. The molecule has 0 spiro atoms. The van der Waals surface area contributed by atoms with Gasteiger partial charge in [0.15, 0.2) is 0 Å². The van der Waals surface area contributed by atoms with Crippen molar-refractivity contribution in [2.24, 2.45) is 0 Å². The molecule has 0 saturated carbocycles. The van der Waals surface area contributed by atoms with Crippen LogP contribution in [0.4, 0.5) is 0 Å². The number of hydrogen-bond acceptors (Lipinski definition) is 2. The largest absolute Gasteiger partial charge is 0.507 e. The van der Waals surface area contributed by atoms with E-state index >= 15 is 0 Å². The van der Waals surface area contributed by atoms with E-state index in [1.807, 2.05) is 6.07 Å². The van der Waals surface area contributed by atoms with Gasteiger partial charge in [0.1, 0.15) is 11.3 Å². The van der Waals surface area contributed by atoms with Crippen LogP contribution in [-0.2, 0) is 12.8 Å². The molecular weight excluding hydrogens is 324 g/mol. The Balaban J connectivity index is 1.67. The molecule has 0 amide bonds. The number of carboxylic acid groups (broad SMARTS) is 1. The van der Waals surface area contributed by atoms with Gasteiger partial charge < -0.3 is 10.2 Å². The van der Waals surface area contributed by atoms with Crippen LogP contribution in [0.25, 0.3) is 0 Å². The molecule has 0 fully saturated rings. The van der Waals surface area contributed by atoms with Gasteiger partial charge in [-0.3, -0.25) is 0 Å². The molecule has 132 valence electrons. The van der Waals surface area contributed by atoms with Gasteiger partial charge in [-0.15, -0.1) is 0 Å². The Kier molecular flexibility index (Phi) is 5.37. The molecule has 3 aromatic carbocycles. The molecular formula is C23H22O3. The molecule has 3 nitrogen and oxygen atoms in total. The van der Waals surface area contributed by atoms with Crippen LogP contribution in [0.15, 0.2) is 72.8 Å². The van der Waals surface area contributed by atoms with Gasteiger partial charge >= 0.3 is 5.97 Å². The number of phenols is 1. The molecule has 0 aliphatic rings. The molecule has 3 heteroatoms. The molecule has 0 saturated heterocycles. The number of rotatable bonds is 6. The highest BCUT2D eigenvalue weighted by molar-refractivity contribution is 5.90. The first-order valence-electron chi connectivity index (χ1n) is 8.73. The number of carbonyl (C=O) groups is 1. The van der Waals surface area contributed by atoms with Crippen molar-refractivity contribution in [3.05, 3.63) is 101 Å². The molecule has 1 atom stereocenters. The number of benzene rings is 3. The fourth-order valence-corrected chi connectivity index (χ4v) is 3.11. The maximum Gasteiger partial charge on any atom is 0.339 e. The summed E-state index contributed by atoms with van der Waals surface area (Å²) >= 11 is 0. The van der Waals surface area contributed by atoms with E-state index in [4.69, 9.17) is 5.11 Å². The Morgan fingerprint density at radius 3 is 2.08 bits per heavy atom. The van der Waals surface area contributed by atoms with Crippen LogP contribution < -0.4 is 0 Å². The summed E-state index contributed by atoms with van der Waals surface area (Å²) < 4.78 is 0. The molecule has 1 unspecified atom stereocenters. The summed E-state index contributed by atoms with van der Waals surface area (Å²) in [5.41, 5.74) is 4.64. The summed E-state index contributed by atoms with van der Waals surface area (Å²) in [5, 5.41) is 18.7. The standard InChI is InChI=1S/C23H22O3/c1-16(19-5-3-2-4-6-19)20-12-9-17(10-13-20)7-8-18-11-14-22(24)21(15-18)23(25)26/h2-6,9-16,24H,7-8H2,1H3,(H,25,26). The van der Waals surface area contributed by atoms with Crippen molar-refractivity contribution < 1.29 is 15.0 Å². The number of aromatic carboxylic acids is 1. The minimum absolute atomic E-state index is 0.0467. The quantitative estimate of drug-likeness (QED) is 0.658. The number of hydrogen-bond donors (Lipinski definition) is 2. The van der Waals surface area contributed by atoms with E-state index in [1.165, 1.54) is 22.8 Å². The van der Waals surface area contributed by atoms with Crippen molar-refractivity contribution in [3.63, 3.8) is 0 Å². The predicted molar refractivity (Wildman–Crippen MR) is 103 cm³/mol. The minimum Gasteiger partial charge on any atom is -0.507 e. The van der Waals surface area contributed by atoms with Crippen molar-refractivity contribution >= 4 is 5.97 Å². The summed E-state index contributed by atoms with van der Waals surface area (Å²) in [6, 6.07) is 23.8. The van der Waals surface area contributed by atoms with Gasteiger partial charge in [0.25, 0.3) is 0 Å². The first-order chi connectivity index (χ1) is 12.5. The Hall–Kier alpha value is -3.07. The van der Waals surface area contributed by atoms with Crippen LogP contribution >= 0.6 is 0 Å². The van der Waals surface area contributed by atoms with Crippen molar-refractivity contribution in [1.82, 2.24) is 0 Å². The zero-order valence-electron chi connectivity index (χ0n) is 14.7. The van der Waals surface area contributed by atoms with E-state index in [9.17, 15) is 9.90 Å². The molecule has 0 heterocycles. The van der Waals surface area contributed by atoms with Crippen LogP contribution in [0.3, 0.4) is 0 Å². The number of carboxylic acids is 1. The topological polar surface area (TPSA) is 57.5 Å². The van der Waals surface area contributed by atoms with Crippen molar-refractivity contribution in [2.45, 2.75) is 25.7 Å². The lowest BCUT2D eigenvalue weighted by Gasteiger charge is -2.13. The van der Waals surface area contributed by atoms with E-state index in [-0.39, 0.29) is 11.3 Å². The zero-order chi connectivity index (χ0) is 18.5. The van der Waals surface area contributed by atoms with Gasteiger partial charge in [-0.2, -0.15) is 0 Å². The SMILES string of the molecule is CC(c1ccccc1)c1ccc(CCc2ccc(O)c(C(=O)O)c2)cc1. The van der Waals surface area contributed by atoms with Crippen molar-refractivity contribution in [1.29, 1.82) is 0 Å². The summed E-state index contributed by atoms with van der Waals surface area (Å²) in [6.07, 6.45) is 1.55. The Morgan fingerprint density at radius 2 is 1.42 bits per heavy atom. The van der Waals surface area contributed by atoms with E-state index in [1.54, 1.807) is 12.1 Å². The fraction of sp³-hybridized carbons (Fsp3) is 0.174. The summed E-state index contributed by atoms with van der Waals surface area (Å²) in [4.78, 5) is 11.1. The van der Waals surface area contributed by atoms with E-state index in [2.05, 4.69) is 55.5 Å². The summed E-state index contributed by atoms with van der Waals surface area (Å²) in [7, 11) is 0. The average molecular weight is 346 g/mol. The predicted octanol–water partition coefficient (Wildman–Crippen LogP) is 5.03. The Bertz CT molecular complexity index is 883. The zero-order valence-corrected chi connectivity index (χ0v) is 14.7. The normalized spacial score (nSPS) is 11.9. The van der Waals surface area contributed by atoms with E-state index in [0.29, 0.717) is 5.92 Å². The van der Waals surface area contributed by atoms with Crippen LogP contribution in [0, 0.1) is 0 Å². The lowest BCUT2D eigenvalue weighted by atomic mass is 9.92. The second-order valence-corrected chi connectivity index (χ2v) is 6.53. The maximum absolute atomic E-state index is 11.1. The Morgan fingerprint density at radius 1 is 0.846 bits per heavy atom. The average Bonchev–Trinajstić information content (AvgIpc) is 2.67. The third kappa shape index (κ3) is 4.12. The second kappa shape index (κ2) is 7.87. The molecule has 0 bridgehead atoms. The van der Waals surface area contributed by atoms with Gasteiger partial charge in [-0.1, -0.05) is 67.6 Å². The highest BCUT2D eigenvalue weighted by atomic mass is 16.4. The van der Waals surface area contributed by atoms with Gasteiger partial charge in [-0.05, 0) is 47.2 Å². The van der Waals surface area contributed by atoms with Gasteiger partial charge in [-0.25, -0.2) is 4.79 Å². The van der Waals surface area contributed by atoms with Gasteiger partial charge in [0.05, 0.1) is 0 Å². The fourth-order valence-electron chi connectivity index (χ4n) is 3.11. The lowest BCUT2D eigenvalue weighted by molar-refractivity contribution is 0.0693. The first-order valence-corrected chi connectivity index (χ1v) is 8.73. The highest BCUT2D eigenvalue weighted by Gasteiger charge is 2.11. The lowest BCUT2D eigenvalue weighted by Crippen LogP contribution is -2.00. The molecule has 0 aromatic heterocycles. The third-order valence-electron chi connectivity index (χ3n) is 4.77. The molecule has 0 aliphatic carbocycles. The maximum atomic E-state index is 11.1. The highest BCUT2D eigenvalue weighted by Crippen LogP contribution is 2.24. The summed E-state index contributed by atoms with van der Waals surface area (Å²) in [5.74, 6) is -0.954. The van der Waals surface area contributed by atoms with Crippen LogP contribution in [-0.4, -0.2) is 16.2 Å².